The molecule has 0 heterocycles. The van der Waals surface area contributed by atoms with Crippen LogP contribution in [0.25, 0.3) is 0 Å². The Balaban J connectivity index is -0.0000000731. The lowest BCUT2D eigenvalue weighted by atomic mass is 10.7. The third-order valence-corrected chi connectivity index (χ3v) is 0.697. The molecule has 0 aliphatic rings. The second-order valence-corrected chi connectivity index (χ2v) is 2.22. The molecular weight excluding hydrogens is 252 g/mol. The van der Waals surface area contributed by atoms with Gasteiger partial charge < -0.3 is 51.0 Å². The quantitative estimate of drug-likeness (QED) is 0.393. The van der Waals surface area contributed by atoms with Crippen molar-refractivity contribution in [2.45, 2.75) is 0 Å². The number of quaternary nitrogens is 2. The number of hydrogen-bond acceptors (Lipinski definition) is 6. The predicted molar refractivity (Wildman–Crippen MR) is 55.3 cm³/mol. The summed E-state index contributed by atoms with van der Waals surface area (Å²) in [5.41, 5.74) is 7.10. The summed E-state index contributed by atoms with van der Waals surface area (Å²) in [6, 6.07) is 0. The smallest absolute Gasteiger partial charge is 0.249 e. The number of hydrogen-bond donors (Lipinski definition) is 4. The fraction of sp³-hybridized carbons (Fsp3) is 0.750. The van der Waals surface area contributed by atoms with Crippen LogP contribution < -0.4 is 21.7 Å². The minimum absolute atomic E-state index is 0.778. The van der Waals surface area contributed by atoms with Crippen molar-refractivity contribution in [2.75, 3.05) is 40.5 Å². The number of ether oxygens (including phenoxy) is 2. The summed E-state index contributed by atoms with van der Waals surface area (Å²) in [7, 11) is 3.34. The Hall–Kier alpha value is -1.62. The molecule has 0 amide bonds. The van der Waals surface area contributed by atoms with Crippen LogP contribution in [-0.2, 0) is 9.47 Å². The van der Waals surface area contributed by atoms with Crippen molar-refractivity contribution in [3.63, 3.8) is 0 Å². The molecule has 0 unspecified atom stereocenters. The van der Waals surface area contributed by atoms with E-state index in [9.17, 15) is 0 Å². The van der Waals surface area contributed by atoms with Crippen LogP contribution in [0.4, 0.5) is 9.59 Å². The largest absolute Gasteiger partial charge is 0.565 e. The van der Waals surface area contributed by atoms with E-state index in [4.69, 9.17) is 30.0 Å². The van der Waals surface area contributed by atoms with Gasteiger partial charge in [-0.1, -0.05) is 0 Å². The van der Waals surface area contributed by atoms with Crippen LogP contribution in [0, 0.1) is 0 Å². The van der Waals surface area contributed by atoms with Gasteiger partial charge in [0, 0.05) is 14.2 Å². The van der Waals surface area contributed by atoms with E-state index < -0.39 is 12.3 Å². The zero-order valence-electron chi connectivity index (χ0n) is 10.6. The van der Waals surface area contributed by atoms with E-state index in [1.165, 1.54) is 0 Å². The first kappa shape index (κ1) is 25.3. The molecule has 0 fully saturated rings. The van der Waals surface area contributed by atoms with E-state index in [-0.39, 0.29) is 0 Å². The molecule has 0 radical (unpaired) electrons. The lowest BCUT2D eigenvalue weighted by molar-refractivity contribution is -0.373. The van der Waals surface area contributed by atoms with E-state index in [2.05, 4.69) is 20.9 Å². The molecule has 0 aromatic carbocycles. The summed E-state index contributed by atoms with van der Waals surface area (Å²) in [5, 5.41) is 30.6. The third-order valence-electron chi connectivity index (χ3n) is 0.697. The molecule has 0 bridgehead atoms. The van der Waals surface area contributed by atoms with Crippen LogP contribution in [0.3, 0.4) is 0 Å². The molecule has 0 spiro atoms. The minimum Gasteiger partial charge on any atom is -0.565 e. The summed E-state index contributed by atoms with van der Waals surface area (Å²) < 4.78 is 9.26. The maximum Gasteiger partial charge on any atom is 0.249 e. The molecule has 0 aromatic rings. The van der Waals surface area contributed by atoms with Crippen molar-refractivity contribution in [1.82, 2.24) is 0 Å². The highest BCUT2D eigenvalue weighted by Crippen LogP contribution is 1.51. The van der Waals surface area contributed by atoms with Crippen LogP contribution in [0.2, 0.25) is 0 Å². The molecule has 10 nitrogen and oxygen atoms in total. The molecule has 112 valence electrons. The standard InChI is InChI=1S/2C3H9NO.2CH2O3/c2*1-5-3-2-4;2*2-1(3)4/h2*2-4H2,1H3;2*(H2,2,3,4). The fourth-order valence-electron chi connectivity index (χ4n) is 0.289. The van der Waals surface area contributed by atoms with Crippen molar-refractivity contribution < 1.29 is 51.0 Å². The van der Waals surface area contributed by atoms with Gasteiger partial charge in [-0.25, -0.2) is 0 Å². The van der Waals surface area contributed by atoms with Crippen LogP contribution in [-0.4, -0.2) is 63.0 Å². The number of rotatable bonds is 4. The van der Waals surface area contributed by atoms with Gasteiger partial charge in [0.05, 0.1) is 26.3 Å². The maximum absolute atomic E-state index is 8.44. The van der Waals surface area contributed by atoms with E-state index in [0.29, 0.717) is 0 Å². The molecule has 0 saturated heterocycles. The summed E-state index contributed by atoms with van der Waals surface area (Å²) >= 11 is 0. The van der Waals surface area contributed by atoms with Gasteiger partial charge in [-0.3, -0.25) is 0 Å². The molecule has 0 aliphatic carbocycles. The Kier molecular flexibility index (Phi) is 41.5. The van der Waals surface area contributed by atoms with Crippen molar-refractivity contribution >= 4 is 12.3 Å². The van der Waals surface area contributed by atoms with Crippen LogP contribution in [0.1, 0.15) is 0 Å². The monoisotopic (exact) mass is 274 g/mol. The zero-order chi connectivity index (χ0) is 15.4. The molecule has 0 aliphatic heterocycles. The molecule has 0 saturated carbocycles. The summed E-state index contributed by atoms with van der Waals surface area (Å²) in [6.07, 6.45) is -4.17. The predicted octanol–water partition coefficient (Wildman–Crippen LogP) is -4.48. The van der Waals surface area contributed by atoms with Crippen molar-refractivity contribution in [3.05, 3.63) is 0 Å². The Bertz CT molecular complexity index is 137. The zero-order valence-corrected chi connectivity index (χ0v) is 10.6. The second kappa shape index (κ2) is 29.5. The normalized spacial score (nSPS) is 7.33. The van der Waals surface area contributed by atoms with Gasteiger partial charge in [-0.15, -0.1) is 0 Å². The first-order valence-corrected chi connectivity index (χ1v) is 4.66. The van der Waals surface area contributed by atoms with Crippen molar-refractivity contribution in [3.8, 4) is 0 Å². The lowest BCUT2D eigenvalue weighted by Gasteiger charge is -1.82. The summed E-state index contributed by atoms with van der Waals surface area (Å²) in [4.78, 5) is 16.9. The fourth-order valence-corrected chi connectivity index (χ4v) is 0.289. The highest BCUT2D eigenvalue weighted by molar-refractivity contribution is 5.50. The van der Waals surface area contributed by atoms with Crippen molar-refractivity contribution in [2.24, 2.45) is 0 Å². The Morgan fingerprint density at radius 3 is 1.11 bits per heavy atom. The average molecular weight is 274 g/mol. The number of methoxy groups -OCH3 is 2. The second-order valence-electron chi connectivity index (χ2n) is 2.22. The molecule has 0 atom stereocenters. The van der Waals surface area contributed by atoms with Gasteiger partial charge in [0.25, 0.3) is 0 Å². The minimum atomic E-state index is -2.08. The van der Waals surface area contributed by atoms with E-state index in [1.807, 2.05) is 0 Å². The molecule has 8 N–H and O–H groups in total. The Labute approximate surface area is 105 Å². The van der Waals surface area contributed by atoms with Gasteiger partial charge in [-0.05, 0) is 0 Å². The highest BCUT2D eigenvalue weighted by atomic mass is 16.6. The van der Waals surface area contributed by atoms with Gasteiger partial charge in [0.2, 0.25) is 12.3 Å². The number of carbonyl (C=O) groups is 2. The highest BCUT2D eigenvalue weighted by Gasteiger charge is 1.69. The van der Waals surface area contributed by atoms with Gasteiger partial charge in [0.1, 0.15) is 0 Å². The lowest BCUT2D eigenvalue weighted by Crippen LogP contribution is -2.52. The van der Waals surface area contributed by atoms with E-state index in [0.717, 1.165) is 26.3 Å². The van der Waals surface area contributed by atoms with Crippen LogP contribution in [0.15, 0.2) is 0 Å². The van der Waals surface area contributed by atoms with E-state index in [1.54, 1.807) is 14.2 Å². The Morgan fingerprint density at radius 1 is 0.944 bits per heavy atom. The van der Waals surface area contributed by atoms with Gasteiger partial charge in [0.15, 0.2) is 0 Å². The van der Waals surface area contributed by atoms with Gasteiger partial charge in [-0.2, -0.15) is 0 Å². The molecule has 0 aromatic heterocycles. The molecular formula is C8H22N2O8. The molecule has 0 rings (SSSR count). The van der Waals surface area contributed by atoms with Crippen LogP contribution in [0.5, 0.6) is 0 Å². The number of carboxylic acid groups (broad SMARTS) is 4. The van der Waals surface area contributed by atoms with E-state index >= 15 is 0 Å². The average Bonchev–Trinajstić information content (AvgIpc) is 2.19. The Morgan fingerprint density at radius 2 is 1.11 bits per heavy atom. The summed E-state index contributed by atoms with van der Waals surface area (Å²) in [5.74, 6) is 0. The topological polar surface area (TPSA) is 194 Å². The first-order chi connectivity index (χ1) is 8.29. The van der Waals surface area contributed by atoms with Crippen LogP contribution >= 0.6 is 0 Å². The van der Waals surface area contributed by atoms with Crippen molar-refractivity contribution in [1.29, 1.82) is 0 Å². The maximum atomic E-state index is 8.44. The summed E-state index contributed by atoms with van der Waals surface area (Å²) in [6.45, 7) is 3.30. The third kappa shape index (κ3) is 454. The molecule has 10 heteroatoms. The SMILES string of the molecule is COCC[NH3+].COCC[NH3+].O=C([O-])O.O=C([O-])O. The van der Waals surface area contributed by atoms with Gasteiger partial charge >= 0.3 is 0 Å². The molecule has 18 heavy (non-hydrogen) atoms. The first-order valence-electron chi connectivity index (χ1n) is 4.66.